The standard InChI is InChI=1S/C10H9BrClNS2/c1-5-3-14-4-6(5)9(13)8-2-7(12)10(11)15-8/h2-4,9H,13H2,1H3. The quantitative estimate of drug-likeness (QED) is 0.860. The van der Waals surface area contributed by atoms with Crippen molar-refractivity contribution in [2.24, 2.45) is 5.73 Å². The Bertz CT molecular complexity index is 458. The molecule has 2 aromatic rings. The van der Waals surface area contributed by atoms with E-state index in [1.165, 1.54) is 11.1 Å². The van der Waals surface area contributed by atoms with Crippen molar-refractivity contribution in [3.05, 3.63) is 41.6 Å². The summed E-state index contributed by atoms with van der Waals surface area (Å²) < 4.78 is 0.947. The summed E-state index contributed by atoms with van der Waals surface area (Å²) in [5.74, 6) is 0. The molecule has 2 N–H and O–H groups in total. The van der Waals surface area contributed by atoms with Gasteiger partial charge in [-0.05, 0) is 50.8 Å². The zero-order chi connectivity index (χ0) is 11.0. The van der Waals surface area contributed by atoms with Crippen LogP contribution in [0.5, 0.6) is 0 Å². The lowest BCUT2D eigenvalue weighted by atomic mass is 10.1. The normalized spacial score (nSPS) is 13.1. The molecule has 2 heterocycles. The Morgan fingerprint density at radius 3 is 2.67 bits per heavy atom. The molecule has 0 spiro atoms. The van der Waals surface area contributed by atoms with Crippen molar-refractivity contribution in [1.82, 2.24) is 0 Å². The maximum Gasteiger partial charge on any atom is 0.0888 e. The van der Waals surface area contributed by atoms with Gasteiger partial charge in [0.2, 0.25) is 0 Å². The number of rotatable bonds is 2. The third-order valence-electron chi connectivity index (χ3n) is 2.20. The molecular weight excluding hydrogens is 314 g/mol. The molecule has 0 radical (unpaired) electrons. The first kappa shape index (κ1) is 11.6. The van der Waals surface area contributed by atoms with E-state index in [2.05, 4.69) is 33.6 Å². The van der Waals surface area contributed by atoms with Gasteiger partial charge in [0, 0.05) is 4.88 Å². The highest BCUT2D eigenvalue weighted by molar-refractivity contribution is 9.11. The first-order chi connectivity index (χ1) is 7.09. The van der Waals surface area contributed by atoms with Crippen molar-refractivity contribution in [2.75, 3.05) is 0 Å². The number of nitrogens with two attached hydrogens (primary N) is 1. The van der Waals surface area contributed by atoms with E-state index in [1.54, 1.807) is 22.7 Å². The molecule has 0 aromatic carbocycles. The minimum absolute atomic E-state index is 0.0648. The Morgan fingerprint density at radius 2 is 2.20 bits per heavy atom. The Labute approximate surface area is 110 Å². The Kier molecular flexibility index (Phi) is 3.52. The lowest BCUT2D eigenvalue weighted by molar-refractivity contribution is 0.890. The fraction of sp³-hybridized carbons (Fsp3) is 0.200. The molecular formula is C10H9BrClNS2. The maximum atomic E-state index is 6.18. The largest absolute Gasteiger partial charge is 0.320 e. The van der Waals surface area contributed by atoms with E-state index < -0.39 is 0 Å². The fourth-order valence-electron chi connectivity index (χ4n) is 1.36. The summed E-state index contributed by atoms with van der Waals surface area (Å²) in [4.78, 5) is 1.09. The molecule has 0 aliphatic heterocycles. The van der Waals surface area contributed by atoms with E-state index in [9.17, 15) is 0 Å². The number of hydrogen-bond acceptors (Lipinski definition) is 3. The van der Waals surface area contributed by atoms with E-state index in [4.69, 9.17) is 17.3 Å². The fourth-order valence-corrected chi connectivity index (χ4v) is 4.01. The van der Waals surface area contributed by atoms with Crippen LogP contribution in [0, 0.1) is 6.92 Å². The van der Waals surface area contributed by atoms with Crippen LogP contribution >= 0.6 is 50.2 Å². The van der Waals surface area contributed by atoms with Gasteiger partial charge in [-0.25, -0.2) is 0 Å². The van der Waals surface area contributed by atoms with Crippen molar-refractivity contribution >= 4 is 50.2 Å². The molecule has 80 valence electrons. The zero-order valence-corrected chi connectivity index (χ0v) is 11.9. The molecule has 1 unspecified atom stereocenters. The average Bonchev–Trinajstić information content (AvgIpc) is 2.74. The van der Waals surface area contributed by atoms with Crippen LogP contribution < -0.4 is 5.73 Å². The second-order valence-electron chi connectivity index (χ2n) is 3.26. The Morgan fingerprint density at radius 1 is 1.47 bits per heavy atom. The molecule has 0 aliphatic rings. The first-order valence-corrected chi connectivity index (χ1v) is 7.25. The van der Waals surface area contributed by atoms with Crippen LogP contribution in [0.4, 0.5) is 0 Å². The topological polar surface area (TPSA) is 26.0 Å². The van der Waals surface area contributed by atoms with Crippen molar-refractivity contribution in [3.8, 4) is 0 Å². The Hall–Kier alpha value is 0.130. The van der Waals surface area contributed by atoms with Crippen LogP contribution in [0.2, 0.25) is 5.02 Å². The minimum atomic E-state index is -0.0648. The summed E-state index contributed by atoms with van der Waals surface area (Å²) >= 11 is 12.7. The average molecular weight is 323 g/mol. The van der Waals surface area contributed by atoms with Crippen LogP contribution in [-0.2, 0) is 0 Å². The highest BCUT2D eigenvalue weighted by atomic mass is 79.9. The third-order valence-corrected chi connectivity index (χ3v) is 5.64. The van der Waals surface area contributed by atoms with Gasteiger partial charge in [0.1, 0.15) is 0 Å². The summed E-state index contributed by atoms with van der Waals surface area (Å²) in [6.45, 7) is 2.08. The molecule has 1 atom stereocenters. The van der Waals surface area contributed by atoms with Gasteiger partial charge in [-0.3, -0.25) is 0 Å². The van der Waals surface area contributed by atoms with E-state index in [0.717, 1.165) is 13.7 Å². The molecule has 0 fully saturated rings. The summed E-state index contributed by atoms with van der Waals surface area (Å²) in [5, 5.41) is 4.94. The molecule has 5 heteroatoms. The molecule has 0 saturated carbocycles. The highest BCUT2D eigenvalue weighted by Crippen LogP contribution is 2.37. The van der Waals surface area contributed by atoms with Crippen LogP contribution in [0.1, 0.15) is 22.0 Å². The first-order valence-electron chi connectivity index (χ1n) is 4.32. The van der Waals surface area contributed by atoms with E-state index >= 15 is 0 Å². The molecule has 1 nitrogen and oxygen atoms in total. The molecule has 0 bridgehead atoms. The lowest BCUT2D eigenvalue weighted by Gasteiger charge is -2.08. The second kappa shape index (κ2) is 4.55. The maximum absolute atomic E-state index is 6.18. The van der Waals surface area contributed by atoms with Gasteiger partial charge in [-0.15, -0.1) is 11.3 Å². The number of hydrogen-bond donors (Lipinski definition) is 1. The van der Waals surface area contributed by atoms with Gasteiger partial charge in [-0.2, -0.15) is 11.3 Å². The van der Waals surface area contributed by atoms with E-state index in [1.807, 2.05) is 6.07 Å². The van der Waals surface area contributed by atoms with Crippen LogP contribution in [0.25, 0.3) is 0 Å². The van der Waals surface area contributed by atoms with E-state index in [-0.39, 0.29) is 6.04 Å². The summed E-state index contributed by atoms with van der Waals surface area (Å²) in [6, 6.07) is 1.86. The van der Waals surface area contributed by atoms with Gasteiger partial charge in [0.15, 0.2) is 0 Å². The van der Waals surface area contributed by atoms with Crippen LogP contribution in [-0.4, -0.2) is 0 Å². The van der Waals surface area contributed by atoms with Gasteiger partial charge in [0.05, 0.1) is 14.9 Å². The molecule has 2 rings (SSSR count). The van der Waals surface area contributed by atoms with Crippen molar-refractivity contribution in [3.63, 3.8) is 0 Å². The monoisotopic (exact) mass is 321 g/mol. The molecule has 0 aliphatic carbocycles. The van der Waals surface area contributed by atoms with Crippen molar-refractivity contribution < 1.29 is 0 Å². The van der Waals surface area contributed by atoms with Crippen LogP contribution in [0.3, 0.4) is 0 Å². The minimum Gasteiger partial charge on any atom is -0.320 e. The van der Waals surface area contributed by atoms with Gasteiger partial charge < -0.3 is 5.73 Å². The van der Waals surface area contributed by atoms with Gasteiger partial charge in [0.25, 0.3) is 0 Å². The van der Waals surface area contributed by atoms with Gasteiger partial charge >= 0.3 is 0 Å². The smallest absolute Gasteiger partial charge is 0.0888 e. The summed E-state index contributed by atoms with van der Waals surface area (Å²) in [6.07, 6.45) is 0. The molecule has 15 heavy (non-hydrogen) atoms. The highest BCUT2D eigenvalue weighted by Gasteiger charge is 2.16. The summed E-state index contributed by atoms with van der Waals surface area (Å²) in [7, 11) is 0. The molecule has 0 amide bonds. The molecule has 2 aromatic heterocycles. The van der Waals surface area contributed by atoms with Crippen molar-refractivity contribution in [2.45, 2.75) is 13.0 Å². The molecule has 0 saturated heterocycles. The van der Waals surface area contributed by atoms with E-state index in [0.29, 0.717) is 0 Å². The number of halogens is 2. The lowest BCUT2D eigenvalue weighted by Crippen LogP contribution is -2.10. The SMILES string of the molecule is Cc1cscc1C(N)c1cc(Cl)c(Br)s1. The second-order valence-corrected chi connectivity index (χ2v) is 6.81. The number of thiophene rings is 2. The predicted octanol–water partition coefficient (Wildman–Crippen LogP) is 4.58. The van der Waals surface area contributed by atoms with Crippen molar-refractivity contribution in [1.29, 1.82) is 0 Å². The van der Waals surface area contributed by atoms with Crippen LogP contribution in [0.15, 0.2) is 20.6 Å². The predicted molar refractivity (Wildman–Crippen MR) is 72.1 cm³/mol. The third kappa shape index (κ3) is 2.29. The number of aryl methyl sites for hydroxylation is 1. The Balaban J connectivity index is 2.36. The summed E-state index contributed by atoms with van der Waals surface area (Å²) in [5.41, 5.74) is 8.61. The zero-order valence-electron chi connectivity index (χ0n) is 7.96. The van der Waals surface area contributed by atoms with Gasteiger partial charge in [-0.1, -0.05) is 11.6 Å².